The lowest BCUT2D eigenvalue weighted by molar-refractivity contribution is -0.732. The first kappa shape index (κ1) is 12.7. The summed E-state index contributed by atoms with van der Waals surface area (Å²) in [7, 11) is 0. The number of quaternary nitrogens is 1. The molecule has 2 atom stereocenters. The van der Waals surface area contributed by atoms with E-state index in [0.717, 1.165) is 12.2 Å². The Kier molecular flexibility index (Phi) is 4.37. The summed E-state index contributed by atoms with van der Waals surface area (Å²) in [6.45, 7) is 6.02. The molecule has 0 saturated heterocycles. The summed E-state index contributed by atoms with van der Waals surface area (Å²) >= 11 is 0. The lowest BCUT2D eigenvalue weighted by Crippen LogP contribution is -2.85. The van der Waals surface area contributed by atoms with Crippen LogP contribution in [-0.4, -0.2) is 0 Å². The molecule has 0 aliphatic heterocycles. The quantitative estimate of drug-likeness (QED) is 0.774. The monoisotopic (exact) mass is 242 g/mol. The van der Waals surface area contributed by atoms with Gasteiger partial charge in [-0.2, -0.15) is 0 Å². The fourth-order valence-electron chi connectivity index (χ4n) is 2.20. The number of furan rings is 1. The molecule has 2 N–H and O–H groups in total. The van der Waals surface area contributed by atoms with E-state index in [1.807, 2.05) is 24.3 Å². The second-order valence-corrected chi connectivity index (χ2v) is 4.54. The largest absolute Gasteiger partial charge is 0.463 e. The average molecular weight is 242 g/mol. The molecule has 2 heteroatoms. The number of hydrogen-bond acceptors (Lipinski definition) is 1. The van der Waals surface area contributed by atoms with Gasteiger partial charge in [0.15, 0.2) is 5.76 Å². The van der Waals surface area contributed by atoms with Crippen molar-refractivity contribution in [2.45, 2.75) is 25.4 Å². The van der Waals surface area contributed by atoms with Gasteiger partial charge in [-0.15, -0.1) is 6.58 Å². The van der Waals surface area contributed by atoms with Crippen LogP contribution < -0.4 is 5.32 Å². The molecule has 0 unspecified atom stereocenters. The van der Waals surface area contributed by atoms with Crippen molar-refractivity contribution in [1.29, 1.82) is 0 Å². The highest BCUT2D eigenvalue weighted by Gasteiger charge is 2.19. The summed E-state index contributed by atoms with van der Waals surface area (Å²) < 4.78 is 5.45. The lowest BCUT2D eigenvalue weighted by atomic mass is 10.0. The Morgan fingerprint density at radius 3 is 2.61 bits per heavy atom. The Hall–Kier alpha value is -1.80. The van der Waals surface area contributed by atoms with Crippen molar-refractivity contribution in [2.75, 3.05) is 0 Å². The fourth-order valence-corrected chi connectivity index (χ4v) is 2.20. The van der Waals surface area contributed by atoms with Crippen LogP contribution in [0.5, 0.6) is 0 Å². The van der Waals surface area contributed by atoms with Crippen LogP contribution in [0.1, 0.15) is 36.8 Å². The Bertz CT molecular complexity index is 461. The Labute approximate surface area is 108 Å². The zero-order valence-corrected chi connectivity index (χ0v) is 10.8. The molecule has 94 valence electrons. The van der Waals surface area contributed by atoms with Crippen molar-refractivity contribution in [3.05, 3.63) is 72.7 Å². The van der Waals surface area contributed by atoms with Gasteiger partial charge < -0.3 is 9.73 Å². The van der Waals surface area contributed by atoms with Crippen molar-refractivity contribution in [2.24, 2.45) is 0 Å². The van der Waals surface area contributed by atoms with Gasteiger partial charge in [0, 0.05) is 12.0 Å². The Balaban J connectivity index is 2.09. The highest BCUT2D eigenvalue weighted by molar-refractivity contribution is 5.17. The van der Waals surface area contributed by atoms with Crippen molar-refractivity contribution < 1.29 is 9.73 Å². The van der Waals surface area contributed by atoms with Crippen molar-refractivity contribution in [3.8, 4) is 0 Å². The van der Waals surface area contributed by atoms with E-state index < -0.39 is 0 Å². The smallest absolute Gasteiger partial charge is 0.160 e. The molecule has 2 rings (SSSR count). The van der Waals surface area contributed by atoms with E-state index in [-0.39, 0.29) is 0 Å². The van der Waals surface area contributed by atoms with Crippen LogP contribution in [-0.2, 0) is 0 Å². The maximum absolute atomic E-state index is 5.45. The SMILES string of the molecule is C=CC[C@@H]([NH2+][C@H](C)c1ccco1)c1ccccc1. The minimum Gasteiger partial charge on any atom is -0.463 e. The molecular weight excluding hydrogens is 222 g/mol. The minimum absolute atomic E-state index is 0.310. The third kappa shape index (κ3) is 3.11. The highest BCUT2D eigenvalue weighted by atomic mass is 16.3. The second kappa shape index (κ2) is 6.22. The molecule has 2 aromatic rings. The average Bonchev–Trinajstić information content (AvgIpc) is 2.93. The minimum atomic E-state index is 0.310. The number of benzene rings is 1. The first-order valence-electron chi connectivity index (χ1n) is 6.35. The van der Waals surface area contributed by atoms with Gasteiger partial charge in [0.2, 0.25) is 0 Å². The molecule has 0 amide bonds. The van der Waals surface area contributed by atoms with Crippen molar-refractivity contribution >= 4 is 0 Å². The normalized spacial score (nSPS) is 14.1. The van der Waals surface area contributed by atoms with Crippen molar-refractivity contribution in [3.63, 3.8) is 0 Å². The van der Waals surface area contributed by atoms with E-state index in [4.69, 9.17) is 4.42 Å². The van der Waals surface area contributed by atoms with Crippen LogP contribution in [0.15, 0.2) is 65.8 Å². The molecule has 0 spiro atoms. The predicted molar refractivity (Wildman–Crippen MR) is 73.0 cm³/mol. The first-order chi connectivity index (χ1) is 8.81. The topological polar surface area (TPSA) is 29.8 Å². The molecule has 2 nitrogen and oxygen atoms in total. The third-order valence-electron chi connectivity index (χ3n) is 3.16. The summed E-state index contributed by atoms with van der Waals surface area (Å²) in [4.78, 5) is 0. The molecule has 0 aliphatic rings. The number of hydrogen-bond donors (Lipinski definition) is 1. The fraction of sp³-hybridized carbons (Fsp3) is 0.250. The molecule has 1 heterocycles. The molecular formula is C16H20NO+. The zero-order chi connectivity index (χ0) is 12.8. The van der Waals surface area contributed by atoms with E-state index in [0.29, 0.717) is 12.1 Å². The van der Waals surface area contributed by atoms with Crippen molar-refractivity contribution in [1.82, 2.24) is 0 Å². The van der Waals surface area contributed by atoms with Gasteiger partial charge in [-0.1, -0.05) is 36.4 Å². The molecule has 1 aromatic carbocycles. The maximum Gasteiger partial charge on any atom is 0.160 e. The third-order valence-corrected chi connectivity index (χ3v) is 3.16. The Morgan fingerprint density at radius 2 is 2.00 bits per heavy atom. The standard InChI is InChI=1S/C16H19NO/c1-3-8-15(14-9-5-4-6-10-14)17-13(2)16-11-7-12-18-16/h3-7,9-13,15,17H,1,8H2,2H3/p+1/t13-,15-/m1/s1. The van der Waals surface area contributed by atoms with E-state index in [2.05, 4.69) is 43.1 Å². The van der Waals surface area contributed by atoms with Gasteiger partial charge in [-0.25, -0.2) is 0 Å². The van der Waals surface area contributed by atoms with Gasteiger partial charge in [0.25, 0.3) is 0 Å². The zero-order valence-electron chi connectivity index (χ0n) is 10.8. The summed E-state index contributed by atoms with van der Waals surface area (Å²) in [6.07, 6.45) is 4.66. The molecule has 0 saturated carbocycles. The van der Waals surface area contributed by atoms with E-state index in [9.17, 15) is 0 Å². The van der Waals surface area contributed by atoms with Crippen LogP contribution in [0.2, 0.25) is 0 Å². The maximum atomic E-state index is 5.45. The first-order valence-corrected chi connectivity index (χ1v) is 6.35. The van der Waals surface area contributed by atoms with Crippen LogP contribution in [0.4, 0.5) is 0 Å². The summed E-state index contributed by atoms with van der Waals surface area (Å²) in [5, 5.41) is 2.33. The molecule has 18 heavy (non-hydrogen) atoms. The molecule has 0 aliphatic carbocycles. The van der Waals surface area contributed by atoms with Gasteiger partial charge in [0.1, 0.15) is 12.1 Å². The van der Waals surface area contributed by atoms with E-state index in [1.54, 1.807) is 6.26 Å². The summed E-state index contributed by atoms with van der Waals surface area (Å²) in [5.41, 5.74) is 1.33. The van der Waals surface area contributed by atoms with Crippen LogP contribution in [0.3, 0.4) is 0 Å². The molecule has 0 bridgehead atoms. The van der Waals surface area contributed by atoms with Crippen LogP contribution in [0, 0.1) is 0 Å². The molecule has 0 fully saturated rings. The Morgan fingerprint density at radius 1 is 1.22 bits per heavy atom. The molecule has 0 radical (unpaired) electrons. The van der Waals surface area contributed by atoms with Gasteiger partial charge in [-0.3, -0.25) is 0 Å². The predicted octanol–water partition coefficient (Wildman–Crippen LogP) is 3.22. The van der Waals surface area contributed by atoms with Gasteiger partial charge in [-0.05, 0) is 19.1 Å². The van der Waals surface area contributed by atoms with E-state index in [1.165, 1.54) is 5.56 Å². The number of rotatable bonds is 6. The summed E-state index contributed by atoms with van der Waals surface area (Å²) in [5.74, 6) is 1.01. The number of nitrogens with two attached hydrogens (primary N) is 1. The summed E-state index contributed by atoms with van der Waals surface area (Å²) in [6, 6.07) is 15.2. The van der Waals surface area contributed by atoms with Crippen LogP contribution >= 0.6 is 0 Å². The molecule has 1 aromatic heterocycles. The lowest BCUT2D eigenvalue weighted by Gasteiger charge is -2.18. The van der Waals surface area contributed by atoms with Gasteiger partial charge in [0.05, 0.1) is 6.26 Å². The van der Waals surface area contributed by atoms with Gasteiger partial charge >= 0.3 is 0 Å². The highest BCUT2D eigenvalue weighted by Crippen LogP contribution is 2.16. The second-order valence-electron chi connectivity index (χ2n) is 4.54. The van der Waals surface area contributed by atoms with Crippen LogP contribution in [0.25, 0.3) is 0 Å². The van der Waals surface area contributed by atoms with E-state index >= 15 is 0 Å².